The van der Waals surface area contributed by atoms with E-state index in [1.165, 1.54) is 6.33 Å². The molecule has 3 rings (SSSR count). The van der Waals surface area contributed by atoms with Gasteiger partial charge >= 0.3 is 0 Å². The van der Waals surface area contributed by atoms with Gasteiger partial charge in [0.15, 0.2) is 0 Å². The first kappa shape index (κ1) is 13.4. The van der Waals surface area contributed by atoms with Crippen LogP contribution in [0, 0.1) is 0 Å². The van der Waals surface area contributed by atoms with Crippen LogP contribution in [-0.4, -0.2) is 14.8 Å². The first-order valence-corrected chi connectivity index (χ1v) is 7.48. The zero-order chi connectivity index (χ0) is 13.9. The molecule has 3 aromatic rings. The molecule has 4 nitrogen and oxygen atoms in total. The molecule has 2 aromatic heterocycles. The highest BCUT2D eigenvalue weighted by Gasteiger charge is 2.10. The van der Waals surface area contributed by atoms with Gasteiger partial charge in [0.05, 0.1) is 15.7 Å². The number of hydrogen-bond acceptors (Lipinski definition) is 4. The molecule has 0 bridgehead atoms. The van der Waals surface area contributed by atoms with Crippen molar-refractivity contribution in [2.24, 2.45) is 0 Å². The lowest BCUT2D eigenvalue weighted by Gasteiger charge is -2.12. The van der Waals surface area contributed by atoms with E-state index in [4.69, 9.17) is 23.2 Å². The molecular formula is C13H10Cl2N4S. The van der Waals surface area contributed by atoms with E-state index >= 15 is 0 Å². The minimum absolute atomic E-state index is 0.615. The summed E-state index contributed by atoms with van der Waals surface area (Å²) in [7, 11) is 0. The van der Waals surface area contributed by atoms with Crippen molar-refractivity contribution in [2.75, 3.05) is 5.32 Å². The second kappa shape index (κ2) is 5.83. The lowest BCUT2D eigenvalue weighted by atomic mass is 10.2. The molecule has 0 spiro atoms. The van der Waals surface area contributed by atoms with Crippen LogP contribution in [0.25, 0.3) is 5.69 Å². The van der Waals surface area contributed by atoms with Crippen LogP contribution in [-0.2, 0) is 6.54 Å². The molecule has 1 aromatic carbocycles. The van der Waals surface area contributed by atoms with E-state index in [0.29, 0.717) is 11.6 Å². The van der Waals surface area contributed by atoms with Crippen molar-refractivity contribution in [1.29, 1.82) is 0 Å². The lowest BCUT2D eigenvalue weighted by Crippen LogP contribution is -2.04. The maximum absolute atomic E-state index is 6.26. The van der Waals surface area contributed by atoms with E-state index in [1.807, 2.05) is 29.6 Å². The van der Waals surface area contributed by atoms with Crippen molar-refractivity contribution >= 4 is 40.2 Å². The molecule has 20 heavy (non-hydrogen) atoms. The second-order valence-corrected chi connectivity index (χ2v) is 5.90. The third-order valence-electron chi connectivity index (χ3n) is 2.71. The quantitative estimate of drug-likeness (QED) is 0.780. The van der Waals surface area contributed by atoms with Gasteiger partial charge in [-0.15, -0.1) is 11.3 Å². The molecule has 0 radical (unpaired) electrons. The van der Waals surface area contributed by atoms with Crippen LogP contribution in [0.1, 0.15) is 4.88 Å². The van der Waals surface area contributed by atoms with Gasteiger partial charge in [0.2, 0.25) is 0 Å². The third-order valence-corrected chi connectivity index (χ3v) is 4.30. The van der Waals surface area contributed by atoms with Crippen LogP contribution in [0.2, 0.25) is 10.0 Å². The average Bonchev–Trinajstić information content (AvgIpc) is 3.08. The number of halogens is 2. The van der Waals surface area contributed by atoms with Gasteiger partial charge in [0.1, 0.15) is 18.3 Å². The Balaban J connectivity index is 1.88. The van der Waals surface area contributed by atoms with Gasteiger partial charge in [0, 0.05) is 16.8 Å². The van der Waals surface area contributed by atoms with E-state index in [-0.39, 0.29) is 0 Å². The second-order valence-electron chi connectivity index (χ2n) is 4.06. The zero-order valence-corrected chi connectivity index (χ0v) is 12.6. The summed E-state index contributed by atoms with van der Waals surface area (Å²) >= 11 is 13.8. The summed E-state index contributed by atoms with van der Waals surface area (Å²) < 4.78 is 1.64. The highest BCUT2D eigenvalue weighted by Crippen LogP contribution is 2.29. The number of benzene rings is 1. The highest BCUT2D eigenvalue weighted by molar-refractivity contribution is 7.10. The Kier molecular flexibility index (Phi) is 3.91. The molecular weight excluding hydrogens is 315 g/mol. The summed E-state index contributed by atoms with van der Waals surface area (Å²) in [6.45, 7) is 0.680. The topological polar surface area (TPSA) is 42.7 Å². The van der Waals surface area contributed by atoms with Crippen LogP contribution < -0.4 is 5.32 Å². The minimum Gasteiger partial charge on any atom is -0.378 e. The number of para-hydroxylation sites is 1. The summed E-state index contributed by atoms with van der Waals surface area (Å²) in [5, 5.41) is 10.8. The summed E-state index contributed by atoms with van der Waals surface area (Å²) in [5.74, 6) is 0. The summed E-state index contributed by atoms with van der Waals surface area (Å²) in [6.07, 6.45) is 3.10. The van der Waals surface area contributed by atoms with Gasteiger partial charge < -0.3 is 5.32 Å². The maximum Gasteiger partial charge on any atom is 0.138 e. The number of aromatic nitrogens is 3. The fourth-order valence-electron chi connectivity index (χ4n) is 1.84. The van der Waals surface area contributed by atoms with Gasteiger partial charge in [0.25, 0.3) is 0 Å². The van der Waals surface area contributed by atoms with Crippen molar-refractivity contribution in [3.05, 3.63) is 57.2 Å². The van der Waals surface area contributed by atoms with Gasteiger partial charge in [-0.3, -0.25) is 0 Å². The molecule has 0 saturated carbocycles. The number of anilines is 1. The van der Waals surface area contributed by atoms with E-state index in [0.717, 1.165) is 21.3 Å². The van der Waals surface area contributed by atoms with Crippen molar-refractivity contribution in [3.63, 3.8) is 0 Å². The Morgan fingerprint density at radius 1 is 1.30 bits per heavy atom. The number of nitrogens with zero attached hydrogens (tertiary/aromatic N) is 3. The Morgan fingerprint density at radius 3 is 2.90 bits per heavy atom. The average molecular weight is 325 g/mol. The van der Waals surface area contributed by atoms with E-state index in [2.05, 4.69) is 15.4 Å². The van der Waals surface area contributed by atoms with Crippen molar-refractivity contribution in [2.45, 2.75) is 6.54 Å². The number of rotatable bonds is 4. The molecule has 0 fully saturated rings. The molecule has 0 atom stereocenters. The molecule has 7 heteroatoms. The van der Waals surface area contributed by atoms with E-state index < -0.39 is 0 Å². The summed E-state index contributed by atoms with van der Waals surface area (Å²) in [5.41, 5.74) is 1.68. The minimum atomic E-state index is 0.615. The number of nitrogens with one attached hydrogen (secondary N) is 1. The van der Waals surface area contributed by atoms with E-state index in [1.54, 1.807) is 22.3 Å². The SMILES string of the molecule is Clc1csc(CNc2cccc(Cl)c2-n2cncn2)c1. The normalized spacial score (nSPS) is 10.7. The van der Waals surface area contributed by atoms with E-state index in [9.17, 15) is 0 Å². The monoisotopic (exact) mass is 324 g/mol. The predicted molar refractivity (Wildman–Crippen MR) is 83.0 cm³/mol. The molecule has 1 N–H and O–H groups in total. The zero-order valence-electron chi connectivity index (χ0n) is 10.3. The number of thiophene rings is 1. The fourth-order valence-corrected chi connectivity index (χ4v) is 3.12. The van der Waals surface area contributed by atoms with Gasteiger partial charge in [-0.2, -0.15) is 5.10 Å². The predicted octanol–water partition coefficient (Wildman–Crippen LogP) is 4.25. The Bertz CT molecular complexity index is 709. The first-order valence-electron chi connectivity index (χ1n) is 5.84. The largest absolute Gasteiger partial charge is 0.378 e. The Morgan fingerprint density at radius 2 is 2.20 bits per heavy atom. The number of hydrogen-bond donors (Lipinski definition) is 1. The van der Waals surface area contributed by atoms with Crippen LogP contribution in [0.4, 0.5) is 5.69 Å². The smallest absolute Gasteiger partial charge is 0.138 e. The van der Waals surface area contributed by atoms with Crippen LogP contribution in [0.5, 0.6) is 0 Å². The molecule has 0 aliphatic heterocycles. The van der Waals surface area contributed by atoms with Gasteiger partial charge in [-0.05, 0) is 18.2 Å². The maximum atomic E-state index is 6.26. The standard InChI is InChI=1S/C13H10Cl2N4S/c14-9-4-10(20-6-9)5-17-12-3-1-2-11(15)13(12)19-8-16-7-18-19/h1-4,6-8,17H,5H2. The third kappa shape index (κ3) is 2.80. The fraction of sp³-hybridized carbons (Fsp3) is 0.0769. The van der Waals surface area contributed by atoms with Crippen molar-refractivity contribution in [1.82, 2.24) is 14.8 Å². The first-order chi connectivity index (χ1) is 9.74. The summed E-state index contributed by atoms with van der Waals surface area (Å²) in [6, 6.07) is 7.62. The van der Waals surface area contributed by atoms with Crippen LogP contribution >= 0.6 is 34.5 Å². The van der Waals surface area contributed by atoms with Crippen molar-refractivity contribution in [3.8, 4) is 5.69 Å². The Labute approximate surface area is 130 Å². The van der Waals surface area contributed by atoms with Crippen LogP contribution in [0.15, 0.2) is 42.3 Å². The van der Waals surface area contributed by atoms with Crippen molar-refractivity contribution < 1.29 is 0 Å². The Hall–Kier alpha value is -1.56. The molecule has 0 aliphatic carbocycles. The molecule has 0 aliphatic rings. The highest BCUT2D eigenvalue weighted by atomic mass is 35.5. The van der Waals surface area contributed by atoms with Gasteiger partial charge in [-0.1, -0.05) is 29.3 Å². The molecule has 102 valence electrons. The van der Waals surface area contributed by atoms with Gasteiger partial charge in [-0.25, -0.2) is 9.67 Å². The molecule has 0 amide bonds. The summed E-state index contributed by atoms with van der Waals surface area (Å²) in [4.78, 5) is 5.10. The molecule has 0 unspecified atom stereocenters. The molecule has 0 saturated heterocycles. The lowest BCUT2D eigenvalue weighted by molar-refractivity contribution is 0.878. The molecule has 2 heterocycles. The van der Waals surface area contributed by atoms with Crippen LogP contribution in [0.3, 0.4) is 0 Å².